The number of nitrogens with zero attached hydrogens (tertiary/aromatic N) is 2. The zero-order chi connectivity index (χ0) is 13.9. The van der Waals surface area contributed by atoms with E-state index in [4.69, 9.17) is 0 Å². The summed E-state index contributed by atoms with van der Waals surface area (Å²) in [6.07, 6.45) is 0.419. The SMILES string of the molecule is CN1CCCCC1CNc1ccc(C(F)(F)F)nc1. The van der Waals surface area contributed by atoms with Crippen LogP contribution in [0.15, 0.2) is 18.3 Å². The number of hydrogen-bond acceptors (Lipinski definition) is 3. The lowest BCUT2D eigenvalue weighted by Gasteiger charge is -2.32. The van der Waals surface area contributed by atoms with Crippen molar-refractivity contribution in [2.24, 2.45) is 0 Å². The van der Waals surface area contributed by atoms with Crippen LogP contribution in [0.25, 0.3) is 0 Å². The van der Waals surface area contributed by atoms with Crippen LogP contribution in [0.1, 0.15) is 25.0 Å². The molecule has 1 aliphatic rings. The maximum atomic E-state index is 12.4. The van der Waals surface area contributed by atoms with Crippen LogP contribution in [-0.2, 0) is 6.18 Å². The van der Waals surface area contributed by atoms with Crippen LogP contribution < -0.4 is 5.32 Å². The molecule has 106 valence electrons. The van der Waals surface area contributed by atoms with Gasteiger partial charge in [-0.25, -0.2) is 4.98 Å². The Bertz CT molecular complexity index is 403. The Hall–Kier alpha value is -1.30. The Kier molecular flexibility index (Phi) is 4.29. The molecule has 2 rings (SSSR count). The Labute approximate surface area is 110 Å². The number of likely N-dealkylation sites (N-methyl/N-ethyl adjacent to an activating group) is 1. The molecule has 1 fully saturated rings. The average Bonchev–Trinajstić information content (AvgIpc) is 2.37. The van der Waals surface area contributed by atoms with E-state index in [0.29, 0.717) is 11.7 Å². The lowest BCUT2D eigenvalue weighted by atomic mass is 10.0. The van der Waals surface area contributed by atoms with Gasteiger partial charge in [-0.2, -0.15) is 13.2 Å². The predicted molar refractivity (Wildman–Crippen MR) is 68.0 cm³/mol. The number of alkyl halides is 3. The number of pyridine rings is 1. The van der Waals surface area contributed by atoms with Crippen LogP contribution >= 0.6 is 0 Å². The topological polar surface area (TPSA) is 28.2 Å². The van der Waals surface area contributed by atoms with Gasteiger partial charge in [0.05, 0.1) is 11.9 Å². The van der Waals surface area contributed by atoms with Gasteiger partial charge in [0.2, 0.25) is 0 Å². The van der Waals surface area contributed by atoms with Crippen LogP contribution in [-0.4, -0.2) is 36.1 Å². The normalized spacial score (nSPS) is 21.4. The minimum atomic E-state index is -4.37. The zero-order valence-corrected chi connectivity index (χ0v) is 10.9. The fourth-order valence-corrected chi connectivity index (χ4v) is 2.30. The highest BCUT2D eigenvalue weighted by Gasteiger charge is 2.32. The molecule has 1 atom stereocenters. The molecule has 6 heteroatoms. The van der Waals surface area contributed by atoms with Crippen LogP contribution in [0.5, 0.6) is 0 Å². The second-order valence-electron chi connectivity index (χ2n) is 4.94. The lowest BCUT2D eigenvalue weighted by molar-refractivity contribution is -0.141. The minimum Gasteiger partial charge on any atom is -0.382 e. The van der Waals surface area contributed by atoms with E-state index in [2.05, 4.69) is 22.2 Å². The summed E-state index contributed by atoms with van der Waals surface area (Å²) in [5.74, 6) is 0. The molecule has 2 heterocycles. The fraction of sp³-hybridized carbons (Fsp3) is 0.615. The highest BCUT2D eigenvalue weighted by molar-refractivity contribution is 5.41. The molecule has 1 unspecified atom stereocenters. The fourth-order valence-electron chi connectivity index (χ4n) is 2.30. The smallest absolute Gasteiger partial charge is 0.382 e. The van der Waals surface area contributed by atoms with E-state index in [1.165, 1.54) is 25.1 Å². The molecule has 0 bridgehead atoms. The summed E-state index contributed by atoms with van der Waals surface area (Å²) in [6, 6.07) is 2.88. The first-order valence-electron chi connectivity index (χ1n) is 6.44. The largest absolute Gasteiger partial charge is 0.433 e. The van der Waals surface area contributed by atoms with Gasteiger partial charge in [-0.3, -0.25) is 0 Å². The Morgan fingerprint density at radius 1 is 1.37 bits per heavy atom. The first-order chi connectivity index (χ1) is 8.97. The molecule has 3 nitrogen and oxygen atoms in total. The van der Waals surface area contributed by atoms with Crippen molar-refractivity contribution in [1.29, 1.82) is 0 Å². The number of likely N-dealkylation sites (tertiary alicyclic amines) is 1. The van der Waals surface area contributed by atoms with E-state index >= 15 is 0 Å². The first-order valence-corrected chi connectivity index (χ1v) is 6.44. The van der Waals surface area contributed by atoms with Gasteiger partial charge in [0.15, 0.2) is 0 Å². The summed E-state index contributed by atoms with van der Waals surface area (Å²) >= 11 is 0. The number of rotatable bonds is 3. The van der Waals surface area contributed by atoms with Crippen molar-refractivity contribution in [2.45, 2.75) is 31.5 Å². The first kappa shape index (κ1) is 14.1. The molecule has 0 amide bonds. The molecule has 0 aliphatic carbocycles. The lowest BCUT2D eigenvalue weighted by Crippen LogP contribution is -2.40. The van der Waals surface area contributed by atoms with E-state index in [-0.39, 0.29) is 0 Å². The van der Waals surface area contributed by atoms with Crippen LogP contribution in [0.3, 0.4) is 0 Å². The number of halogens is 3. The summed E-state index contributed by atoms with van der Waals surface area (Å²) in [5.41, 5.74) is -0.222. The third-order valence-corrected chi connectivity index (χ3v) is 3.52. The molecule has 0 spiro atoms. The summed E-state index contributed by atoms with van der Waals surface area (Å²) in [4.78, 5) is 5.72. The van der Waals surface area contributed by atoms with Gasteiger partial charge >= 0.3 is 6.18 Å². The molecule has 19 heavy (non-hydrogen) atoms. The molecule has 0 saturated carbocycles. The van der Waals surface area contributed by atoms with Gasteiger partial charge in [0.1, 0.15) is 5.69 Å². The maximum Gasteiger partial charge on any atom is 0.433 e. The van der Waals surface area contributed by atoms with Crippen LogP contribution in [0.2, 0.25) is 0 Å². The Balaban J connectivity index is 1.89. The van der Waals surface area contributed by atoms with E-state index in [1.807, 2.05) is 0 Å². The maximum absolute atomic E-state index is 12.4. The number of hydrogen-bond donors (Lipinski definition) is 1. The zero-order valence-electron chi connectivity index (χ0n) is 10.9. The van der Waals surface area contributed by atoms with E-state index in [9.17, 15) is 13.2 Å². The van der Waals surface area contributed by atoms with Crippen molar-refractivity contribution in [3.8, 4) is 0 Å². The summed E-state index contributed by atoms with van der Waals surface area (Å²) < 4.78 is 37.1. The number of nitrogens with one attached hydrogen (secondary N) is 1. The molecule has 1 saturated heterocycles. The van der Waals surface area contributed by atoms with Crippen molar-refractivity contribution >= 4 is 5.69 Å². The molecule has 1 aromatic rings. The highest BCUT2D eigenvalue weighted by atomic mass is 19.4. The van der Waals surface area contributed by atoms with Crippen molar-refractivity contribution < 1.29 is 13.2 Å². The second kappa shape index (κ2) is 5.77. The second-order valence-corrected chi connectivity index (χ2v) is 4.94. The number of piperidine rings is 1. The van der Waals surface area contributed by atoms with Gasteiger partial charge in [-0.05, 0) is 38.6 Å². The molecular formula is C13H18F3N3. The summed E-state index contributed by atoms with van der Waals surface area (Å²) in [7, 11) is 2.08. The molecule has 1 aliphatic heterocycles. The van der Waals surface area contributed by atoms with Gasteiger partial charge in [0.25, 0.3) is 0 Å². The molecule has 1 N–H and O–H groups in total. The van der Waals surface area contributed by atoms with Gasteiger partial charge < -0.3 is 10.2 Å². The Morgan fingerprint density at radius 3 is 2.74 bits per heavy atom. The third-order valence-electron chi connectivity index (χ3n) is 3.52. The van der Waals surface area contributed by atoms with Crippen molar-refractivity contribution in [3.63, 3.8) is 0 Å². The van der Waals surface area contributed by atoms with E-state index in [0.717, 1.165) is 25.6 Å². The molecular weight excluding hydrogens is 255 g/mol. The highest BCUT2D eigenvalue weighted by Crippen LogP contribution is 2.27. The summed E-state index contributed by atoms with van der Waals surface area (Å²) in [5, 5.41) is 3.15. The van der Waals surface area contributed by atoms with Crippen molar-refractivity contribution in [1.82, 2.24) is 9.88 Å². The van der Waals surface area contributed by atoms with E-state index in [1.54, 1.807) is 0 Å². The van der Waals surface area contributed by atoms with Gasteiger partial charge in [-0.1, -0.05) is 6.42 Å². The average molecular weight is 273 g/mol. The standard InChI is InChI=1S/C13H18F3N3/c1-19-7-3-2-4-11(19)9-17-10-5-6-12(18-8-10)13(14,15)16/h5-6,8,11,17H,2-4,7,9H2,1H3. The number of anilines is 1. The minimum absolute atomic E-state index is 0.441. The summed E-state index contributed by atoms with van der Waals surface area (Å²) in [6.45, 7) is 1.82. The predicted octanol–water partition coefficient (Wildman–Crippen LogP) is 3.00. The quantitative estimate of drug-likeness (QED) is 0.917. The molecule has 0 radical (unpaired) electrons. The van der Waals surface area contributed by atoms with Gasteiger partial charge in [-0.15, -0.1) is 0 Å². The third kappa shape index (κ3) is 3.83. The van der Waals surface area contributed by atoms with Crippen molar-refractivity contribution in [3.05, 3.63) is 24.0 Å². The van der Waals surface area contributed by atoms with Crippen LogP contribution in [0.4, 0.5) is 18.9 Å². The van der Waals surface area contributed by atoms with Crippen molar-refractivity contribution in [2.75, 3.05) is 25.5 Å². The molecule has 0 aromatic carbocycles. The van der Waals surface area contributed by atoms with Crippen LogP contribution in [0, 0.1) is 0 Å². The molecule has 1 aromatic heterocycles. The number of aromatic nitrogens is 1. The Morgan fingerprint density at radius 2 is 2.16 bits per heavy atom. The van der Waals surface area contributed by atoms with E-state index < -0.39 is 11.9 Å². The van der Waals surface area contributed by atoms with Gasteiger partial charge in [0, 0.05) is 12.6 Å². The monoisotopic (exact) mass is 273 g/mol.